The molecule has 294 valence electrons. The molecule has 0 fully saturated rings. The lowest BCUT2D eigenvalue weighted by molar-refractivity contribution is 0.332. The van der Waals surface area contributed by atoms with Crippen molar-refractivity contribution < 1.29 is 4.42 Å². The number of fused-ring (bicyclic) bond motifs is 8. The summed E-state index contributed by atoms with van der Waals surface area (Å²) in [6, 6.07) is 63.1. The minimum atomic E-state index is 0.0108. The van der Waals surface area contributed by atoms with E-state index >= 15 is 0 Å². The number of benzene rings is 8. The molecule has 8 aromatic carbocycles. The third kappa shape index (κ3) is 5.44. The van der Waals surface area contributed by atoms with E-state index in [4.69, 9.17) is 4.42 Å². The Kier molecular flexibility index (Phi) is 7.76. The van der Waals surface area contributed by atoms with Gasteiger partial charge in [-0.15, -0.1) is 0 Å². The first-order valence-electron chi connectivity index (χ1n) is 21.8. The van der Waals surface area contributed by atoms with E-state index in [2.05, 4.69) is 214 Å². The fraction of sp³-hybridized carbons (Fsp3) is 0.158. The molecule has 2 aliphatic heterocycles. The lowest BCUT2D eigenvalue weighted by Gasteiger charge is -2.47. The average molecular weight is 787 g/mol. The van der Waals surface area contributed by atoms with Crippen molar-refractivity contribution in [2.24, 2.45) is 0 Å². The number of aryl methyl sites for hydroxylation is 1. The highest BCUT2D eigenvalue weighted by atomic mass is 16.3. The summed E-state index contributed by atoms with van der Waals surface area (Å²) in [6.07, 6.45) is 2.31. The van der Waals surface area contributed by atoms with Gasteiger partial charge in [0.1, 0.15) is 11.2 Å². The molecule has 0 saturated heterocycles. The molecule has 0 spiro atoms. The number of furan rings is 1. The van der Waals surface area contributed by atoms with E-state index in [9.17, 15) is 0 Å². The molecule has 0 bridgehead atoms. The number of hydrogen-bond acceptors (Lipinski definition) is 3. The smallest absolute Gasteiger partial charge is 0.252 e. The molecule has 4 heteroatoms. The maximum atomic E-state index is 6.59. The average Bonchev–Trinajstić information content (AvgIpc) is 3.67. The molecule has 0 saturated carbocycles. The lowest BCUT2D eigenvalue weighted by Crippen LogP contribution is -2.61. The fourth-order valence-electron chi connectivity index (χ4n) is 10.9. The van der Waals surface area contributed by atoms with Crippen molar-refractivity contribution in [1.82, 2.24) is 0 Å². The number of nitrogens with zero attached hydrogens (tertiary/aromatic N) is 2. The second-order valence-electron chi connectivity index (χ2n) is 18.8. The van der Waals surface area contributed by atoms with Gasteiger partial charge in [0.2, 0.25) is 0 Å². The van der Waals surface area contributed by atoms with Crippen LogP contribution in [0.15, 0.2) is 174 Å². The van der Waals surface area contributed by atoms with E-state index in [0.717, 1.165) is 46.2 Å². The minimum Gasteiger partial charge on any atom is -0.456 e. The fourth-order valence-corrected chi connectivity index (χ4v) is 10.9. The van der Waals surface area contributed by atoms with Crippen molar-refractivity contribution in [3.63, 3.8) is 0 Å². The first kappa shape index (κ1) is 36.1. The molecule has 3 nitrogen and oxygen atoms in total. The second-order valence-corrected chi connectivity index (χ2v) is 18.8. The first-order chi connectivity index (χ1) is 29.6. The summed E-state index contributed by atoms with van der Waals surface area (Å²) < 4.78 is 6.59. The molecule has 0 amide bonds. The van der Waals surface area contributed by atoms with Gasteiger partial charge in [0, 0.05) is 33.8 Å². The molecule has 1 aliphatic carbocycles. The van der Waals surface area contributed by atoms with Crippen LogP contribution in [0.4, 0.5) is 34.1 Å². The van der Waals surface area contributed by atoms with Crippen molar-refractivity contribution >= 4 is 79.2 Å². The van der Waals surface area contributed by atoms with Crippen LogP contribution in [0.5, 0.6) is 0 Å². The van der Waals surface area contributed by atoms with Crippen LogP contribution in [0.25, 0.3) is 44.2 Å². The van der Waals surface area contributed by atoms with Crippen molar-refractivity contribution in [3.05, 3.63) is 187 Å². The number of anilines is 6. The Hall–Kier alpha value is -6.78. The van der Waals surface area contributed by atoms with Crippen molar-refractivity contribution in [2.45, 2.75) is 58.3 Å². The number of hydrogen-bond donors (Lipinski definition) is 0. The topological polar surface area (TPSA) is 19.6 Å². The molecule has 61 heavy (non-hydrogen) atoms. The Labute approximate surface area is 359 Å². The van der Waals surface area contributed by atoms with Crippen LogP contribution < -0.4 is 26.2 Å². The zero-order chi connectivity index (χ0) is 41.2. The Morgan fingerprint density at radius 2 is 1.05 bits per heavy atom. The maximum Gasteiger partial charge on any atom is 0.252 e. The molecule has 0 radical (unpaired) electrons. The highest BCUT2D eigenvalue weighted by molar-refractivity contribution is 7.00. The van der Waals surface area contributed by atoms with Gasteiger partial charge in [0.25, 0.3) is 6.71 Å². The van der Waals surface area contributed by atoms with Gasteiger partial charge in [-0.25, -0.2) is 0 Å². The monoisotopic (exact) mass is 786 g/mol. The predicted molar refractivity (Wildman–Crippen MR) is 259 cm³/mol. The summed E-state index contributed by atoms with van der Waals surface area (Å²) in [5.74, 6) is 0. The standard InChI is InChI=1S/C57H47BN2O/c1-36-30-50-55-51(31-36)60(47-23-15-25-53-54(47)42-22-12-13-24-52(42)61-53)49-35-44-43(56(2,3)28-29-57(44,4)5)34-46(49)58(55)45-27-26-40(38-18-10-7-11-19-38)33-48(45)59(50)41-21-14-20-39(32-41)37-16-8-6-9-17-37/h6-27,30-35H,28-29H2,1-5H3. The van der Waals surface area contributed by atoms with Gasteiger partial charge >= 0.3 is 0 Å². The molecule has 0 unspecified atom stereocenters. The van der Waals surface area contributed by atoms with Crippen molar-refractivity contribution in [1.29, 1.82) is 0 Å². The van der Waals surface area contributed by atoms with Gasteiger partial charge in [-0.2, -0.15) is 0 Å². The Bertz CT molecular complexity index is 3230. The van der Waals surface area contributed by atoms with Gasteiger partial charge in [-0.3, -0.25) is 0 Å². The van der Waals surface area contributed by atoms with Crippen LogP contribution in [0.3, 0.4) is 0 Å². The summed E-state index contributed by atoms with van der Waals surface area (Å²) >= 11 is 0. The minimum absolute atomic E-state index is 0.0108. The van der Waals surface area contributed by atoms with E-state index in [1.807, 2.05) is 0 Å². The molecular formula is C57H47BN2O. The van der Waals surface area contributed by atoms with Gasteiger partial charge in [-0.1, -0.05) is 143 Å². The SMILES string of the molecule is Cc1cc2c3c(c1)N(c1cccc4oc5ccccc5c14)c1cc4c(cc1B3c1ccc(-c3ccccc3)cc1N2c1cccc(-c2ccccc2)c1)C(C)(C)CCC4(C)C. The van der Waals surface area contributed by atoms with E-state index in [0.29, 0.717) is 0 Å². The molecule has 0 N–H and O–H groups in total. The largest absolute Gasteiger partial charge is 0.456 e. The summed E-state index contributed by atoms with van der Waals surface area (Å²) in [5.41, 5.74) is 22.1. The summed E-state index contributed by atoms with van der Waals surface area (Å²) in [6.45, 7) is 12.1. The van der Waals surface area contributed by atoms with Crippen molar-refractivity contribution in [3.8, 4) is 22.3 Å². The summed E-state index contributed by atoms with van der Waals surface area (Å²) in [4.78, 5) is 5.15. The quantitative estimate of drug-likeness (QED) is 0.166. The Morgan fingerprint density at radius 1 is 0.459 bits per heavy atom. The Balaban J connectivity index is 1.20. The molecule has 3 aliphatic rings. The zero-order valence-corrected chi connectivity index (χ0v) is 35.5. The van der Waals surface area contributed by atoms with Gasteiger partial charge in [0.15, 0.2) is 0 Å². The van der Waals surface area contributed by atoms with E-state index in [1.165, 1.54) is 78.1 Å². The summed E-state index contributed by atoms with van der Waals surface area (Å²) in [7, 11) is 0. The van der Waals surface area contributed by atoms with E-state index < -0.39 is 0 Å². The highest BCUT2D eigenvalue weighted by Crippen LogP contribution is 2.52. The molecule has 12 rings (SSSR count). The normalized spacial score (nSPS) is 15.7. The highest BCUT2D eigenvalue weighted by Gasteiger charge is 2.47. The van der Waals surface area contributed by atoms with E-state index in [1.54, 1.807) is 0 Å². The van der Waals surface area contributed by atoms with Crippen molar-refractivity contribution in [2.75, 3.05) is 9.80 Å². The lowest BCUT2D eigenvalue weighted by atomic mass is 9.33. The third-order valence-electron chi connectivity index (χ3n) is 14.1. The summed E-state index contributed by atoms with van der Waals surface area (Å²) in [5, 5.41) is 2.28. The first-order valence-corrected chi connectivity index (χ1v) is 21.8. The van der Waals surface area contributed by atoms with Crippen LogP contribution in [0.2, 0.25) is 0 Å². The molecule has 3 heterocycles. The molecular weight excluding hydrogens is 739 g/mol. The predicted octanol–water partition coefficient (Wildman–Crippen LogP) is 13.7. The molecule has 1 aromatic heterocycles. The van der Waals surface area contributed by atoms with Crippen LogP contribution in [-0.2, 0) is 10.8 Å². The van der Waals surface area contributed by atoms with Crippen LogP contribution in [0.1, 0.15) is 57.2 Å². The molecule has 9 aromatic rings. The van der Waals surface area contributed by atoms with E-state index in [-0.39, 0.29) is 17.5 Å². The van der Waals surface area contributed by atoms with Gasteiger partial charge in [-0.05, 0) is 141 Å². The van der Waals surface area contributed by atoms with Crippen LogP contribution in [0, 0.1) is 6.92 Å². The second kappa shape index (κ2) is 13.1. The van der Waals surface area contributed by atoms with Crippen LogP contribution in [-0.4, -0.2) is 6.71 Å². The number of rotatable bonds is 4. The third-order valence-corrected chi connectivity index (χ3v) is 14.1. The Morgan fingerprint density at radius 3 is 1.79 bits per heavy atom. The zero-order valence-electron chi connectivity index (χ0n) is 35.5. The maximum absolute atomic E-state index is 6.59. The van der Waals surface area contributed by atoms with Crippen LogP contribution >= 0.6 is 0 Å². The van der Waals surface area contributed by atoms with Gasteiger partial charge < -0.3 is 14.2 Å². The number of para-hydroxylation sites is 1. The molecule has 0 atom stereocenters. The van der Waals surface area contributed by atoms with Gasteiger partial charge in [0.05, 0.1) is 11.1 Å².